The number of nitro groups is 1. The van der Waals surface area contributed by atoms with E-state index in [1.807, 2.05) is 0 Å². The zero-order valence-electron chi connectivity index (χ0n) is 17.0. The molecule has 0 aromatic heterocycles. The molecule has 2 aromatic carbocycles. The van der Waals surface area contributed by atoms with E-state index in [9.17, 15) is 24.5 Å². The first-order valence-electron chi connectivity index (χ1n) is 9.07. The Balaban J connectivity index is 2.22. The molecule has 0 bridgehead atoms. The van der Waals surface area contributed by atoms with Crippen molar-refractivity contribution in [3.8, 4) is 17.2 Å². The van der Waals surface area contributed by atoms with Crippen LogP contribution in [0.15, 0.2) is 30.3 Å². The Morgan fingerprint density at radius 3 is 2.20 bits per heavy atom. The normalized spacial score (nSPS) is 10.3. The molecule has 30 heavy (non-hydrogen) atoms. The fourth-order valence-electron chi connectivity index (χ4n) is 2.60. The Hall–Kier alpha value is -3.75. The van der Waals surface area contributed by atoms with Gasteiger partial charge in [-0.15, -0.1) is 0 Å². The first-order chi connectivity index (χ1) is 14.1. The minimum Gasteiger partial charge on any atom is -0.482 e. The minimum atomic E-state index is -0.763. The molecule has 0 fully saturated rings. The van der Waals surface area contributed by atoms with Gasteiger partial charge in [0.15, 0.2) is 12.4 Å². The summed E-state index contributed by atoms with van der Waals surface area (Å²) in [6.07, 6.45) is 0.159. The van der Waals surface area contributed by atoms with Crippen LogP contribution in [0.25, 0.3) is 0 Å². The zero-order chi connectivity index (χ0) is 22.4. The summed E-state index contributed by atoms with van der Waals surface area (Å²) < 4.78 is 15.8. The van der Waals surface area contributed by atoms with Gasteiger partial charge in [0, 0.05) is 25.5 Å². The number of benzene rings is 2. The van der Waals surface area contributed by atoms with Gasteiger partial charge in [-0.25, -0.2) is 4.79 Å². The van der Waals surface area contributed by atoms with Crippen LogP contribution in [0.3, 0.4) is 0 Å². The lowest BCUT2D eigenvalue weighted by Crippen LogP contribution is -2.20. The highest BCUT2D eigenvalue weighted by Crippen LogP contribution is 2.34. The quantitative estimate of drug-likeness (QED) is 0.210. The van der Waals surface area contributed by atoms with E-state index in [4.69, 9.17) is 14.2 Å². The molecule has 0 aliphatic rings. The van der Waals surface area contributed by atoms with Gasteiger partial charge in [0.2, 0.25) is 0 Å². The molecule has 0 saturated carbocycles. The van der Waals surface area contributed by atoms with Crippen molar-refractivity contribution in [2.45, 2.75) is 34.1 Å². The highest BCUT2D eigenvalue weighted by Gasteiger charge is 2.22. The highest BCUT2D eigenvalue weighted by molar-refractivity contribution is 6.00. The number of carbonyl (C=O) groups is 3. The summed E-state index contributed by atoms with van der Waals surface area (Å²) in [5, 5.41) is 10.7. The van der Waals surface area contributed by atoms with Gasteiger partial charge >= 0.3 is 11.9 Å². The molecule has 158 valence electrons. The molecule has 0 heterocycles. The van der Waals surface area contributed by atoms with E-state index in [-0.39, 0.29) is 40.7 Å². The van der Waals surface area contributed by atoms with Gasteiger partial charge in [0.1, 0.15) is 17.2 Å². The smallest absolute Gasteiger partial charge is 0.349 e. The van der Waals surface area contributed by atoms with Crippen LogP contribution < -0.4 is 14.2 Å². The standard InChI is InChI=1S/C21H21NO8/c1-5-18(24)17-10-19(29-14(4)23)12(2)13(3)21(17)30-20(25)11-28-16-8-6-15(7-9-16)22(26)27/h6-10H,5,11H2,1-4H3. The number of nitrogens with zero attached hydrogens (tertiary/aromatic N) is 1. The highest BCUT2D eigenvalue weighted by atomic mass is 16.6. The van der Waals surface area contributed by atoms with Crippen LogP contribution in [-0.4, -0.2) is 29.3 Å². The number of rotatable bonds is 8. The Bertz CT molecular complexity index is 995. The molecule has 0 amide bonds. The minimum absolute atomic E-state index is 0.0764. The van der Waals surface area contributed by atoms with E-state index in [0.29, 0.717) is 11.1 Å². The van der Waals surface area contributed by atoms with E-state index in [2.05, 4.69) is 0 Å². The number of nitro benzene ring substituents is 1. The zero-order valence-corrected chi connectivity index (χ0v) is 17.0. The maximum Gasteiger partial charge on any atom is 0.349 e. The van der Waals surface area contributed by atoms with Crippen LogP contribution in [0.5, 0.6) is 17.2 Å². The Labute approximate surface area is 172 Å². The van der Waals surface area contributed by atoms with Crippen LogP contribution in [0, 0.1) is 24.0 Å². The van der Waals surface area contributed by atoms with Gasteiger partial charge in [-0.2, -0.15) is 0 Å². The average molecular weight is 415 g/mol. The molecule has 2 rings (SSSR count). The summed E-state index contributed by atoms with van der Waals surface area (Å²) in [6, 6.07) is 6.61. The van der Waals surface area contributed by atoms with Crippen LogP contribution in [0.1, 0.15) is 41.8 Å². The van der Waals surface area contributed by atoms with Gasteiger partial charge in [-0.05, 0) is 43.2 Å². The van der Waals surface area contributed by atoms with E-state index in [0.717, 1.165) is 0 Å². The van der Waals surface area contributed by atoms with Gasteiger partial charge in [-0.1, -0.05) is 6.92 Å². The number of ketones is 1. The molecule has 2 aromatic rings. The maximum absolute atomic E-state index is 12.4. The van der Waals surface area contributed by atoms with E-state index < -0.39 is 23.5 Å². The molecule has 0 radical (unpaired) electrons. The van der Waals surface area contributed by atoms with Crippen molar-refractivity contribution in [2.24, 2.45) is 0 Å². The Kier molecular flexibility index (Phi) is 7.24. The van der Waals surface area contributed by atoms with E-state index in [1.165, 1.54) is 37.3 Å². The molecular formula is C21H21NO8. The van der Waals surface area contributed by atoms with Crippen molar-refractivity contribution in [3.63, 3.8) is 0 Å². The van der Waals surface area contributed by atoms with Crippen molar-refractivity contribution in [2.75, 3.05) is 6.61 Å². The molecule has 0 N–H and O–H groups in total. The largest absolute Gasteiger partial charge is 0.482 e. The molecule has 0 saturated heterocycles. The lowest BCUT2D eigenvalue weighted by Gasteiger charge is -2.17. The number of esters is 2. The summed E-state index contributed by atoms with van der Waals surface area (Å²) >= 11 is 0. The number of hydrogen-bond acceptors (Lipinski definition) is 8. The number of hydrogen-bond donors (Lipinski definition) is 0. The second kappa shape index (κ2) is 9.64. The molecule has 0 atom stereocenters. The van der Waals surface area contributed by atoms with Crippen molar-refractivity contribution in [1.29, 1.82) is 0 Å². The van der Waals surface area contributed by atoms with E-state index >= 15 is 0 Å². The van der Waals surface area contributed by atoms with Crippen LogP contribution >= 0.6 is 0 Å². The van der Waals surface area contributed by atoms with Crippen molar-refractivity contribution < 1.29 is 33.5 Å². The summed E-state index contributed by atoms with van der Waals surface area (Å²) in [7, 11) is 0. The van der Waals surface area contributed by atoms with Crippen molar-refractivity contribution >= 4 is 23.4 Å². The van der Waals surface area contributed by atoms with Gasteiger partial charge in [0.25, 0.3) is 5.69 Å². The molecule has 9 nitrogen and oxygen atoms in total. The summed E-state index contributed by atoms with van der Waals surface area (Å²) in [4.78, 5) is 46.1. The predicted octanol–water partition coefficient (Wildman–Crippen LogP) is 3.71. The third kappa shape index (κ3) is 5.40. The fourth-order valence-corrected chi connectivity index (χ4v) is 2.60. The van der Waals surface area contributed by atoms with Crippen LogP contribution in [0.2, 0.25) is 0 Å². The number of Topliss-reactive ketones (excluding diaryl/α,β-unsaturated/α-hetero) is 1. The first-order valence-corrected chi connectivity index (χ1v) is 9.07. The van der Waals surface area contributed by atoms with Gasteiger partial charge in [0.05, 0.1) is 10.5 Å². The third-order valence-electron chi connectivity index (χ3n) is 4.29. The second-order valence-electron chi connectivity index (χ2n) is 6.39. The Morgan fingerprint density at radius 1 is 1.03 bits per heavy atom. The summed E-state index contributed by atoms with van der Waals surface area (Å²) in [5.74, 6) is -1.03. The van der Waals surface area contributed by atoms with Crippen molar-refractivity contribution in [1.82, 2.24) is 0 Å². The number of carbonyl (C=O) groups excluding carboxylic acids is 3. The first kappa shape index (κ1) is 22.5. The maximum atomic E-state index is 12.4. The van der Waals surface area contributed by atoms with Crippen molar-refractivity contribution in [3.05, 3.63) is 57.1 Å². The number of non-ortho nitro benzene ring substituents is 1. The summed E-state index contributed by atoms with van der Waals surface area (Å²) in [5.41, 5.74) is 1.05. The second-order valence-corrected chi connectivity index (χ2v) is 6.39. The molecule has 0 unspecified atom stereocenters. The predicted molar refractivity (Wildman–Crippen MR) is 106 cm³/mol. The molecule has 0 spiro atoms. The average Bonchev–Trinajstić information content (AvgIpc) is 2.71. The lowest BCUT2D eigenvalue weighted by atomic mass is 9.99. The molecular weight excluding hydrogens is 394 g/mol. The molecule has 0 aliphatic carbocycles. The Morgan fingerprint density at radius 2 is 1.67 bits per heavy atom. The number of ether oxygens (including phenoxy) is 3. The summed E-state index contributed by atoms with van der Waals surface area (Å²) in [6.45, 7) is 5.76. The monoisotopic (exact) mass is 415 g/mol. The van der Waals surface area contributed by atoms with Crippen LogP contribution in [-0.2, 0) is 9.59 Å². The van der Waals surface area contributed by atoms with Gasteiger partial charge in [-0.3, -0.25) is 19.7 Å². The third-order valence-corrected chi connectivity index (χ3v) is 4.29. The lowest BCUT2D eigenvalue weighted by molar-refractivity contribution is -0.384. The SMILES string of the molecule is CCC(=O)c1cc(OC(C)=O)c(C)c(C)c1OC(=O)COc1ccc([N+](=O)[O-])cc1. The van der Waals surface area contributed by atoms with E-state index in [1.54, 1.807) is 20.8 Å². The molecule has 0 aliphatic heterocycles. The van der Waals surface area contributed by atoms with Gasteiger partial charge < -0.3 is 14.2 Å². The van der Waals surface area contributed by atoms with Crippen LogP contribution in [0.4, 0.5) is 5.69 Å². The topological polar surface area (TPSA) is 122 Å². The fraction of sp³-hybridized carbons (Fsp3) is 0.286. The molecule has 9 heteroatoms.